The molecule has 0 N–H and O–H groups in total. The zero-order chi connectivity index (χ0) is 18.0. The number of nitrogens with zero attached hydrogens (tertiary/aromatic N) is 3. The third-order valence-corrected chi connectivity index (χ3v) is 4.80. The fraction of sp³-hybridized carbons (Fsp3) is 0.381. The highest BCUT2D eigenvalue weighted by Gasteiger charge is 2.22. The summed E-state index contributed by atoms with van der Waals surface area (Å²) >= 11 is 0. The number of carbonyl (C=O) groups is 1. The molecule has 0 unspecified atom stereocenters. The van der Waals surface area contributed by atoms with Gasteiger partial charge >= 0.3 is 0 Å². The second-order valence-corrected chi connectivity index (χ2v) is 6.74. The van der Waals surface area contributed by atoms with E-state index in [4.69, 9.17) is 0 Å². The van der Waals surface area contributed by atoms with E-state index in [0.29, 0.717) is 23.7 Å². The third-order valence-electron chi connectivity index (χ3n) is 4.80. The van der Waals surface area contributed by atoms with Crippen LogP contribution in [0.1, 0.15) is 55.2 Å². The summed E-state index contributed by atoms with van der Waals surface area (Å²) in [5, 5.41) is 9.64. The molecule has 0 atom stereocenters. The molecule has 1 aliphatic heterocycles. The molecular weight excluding hydrogens is 310 g/mol. The van der Waals surface area contributed by atoms with E-state index in [2.05, 4.69) is 35.9 Å². The van der Waals surface area contributed by atoms with E-state index in [1.54, 1.807) is 12.3 Å². The van der Waals surface area contributed by atoms with E-state index >= 15 is 0 Å². The Kier molecular flexibility index (Phi) is 4.85. The number of ketones is 1. The van der Waals surface area contributed by atoms with Gasteiger partial charge in [-0.25, -0.2) is 0 Å². The van der Waals surface area contributed by atoms with Crippen molar-refractivity contribution in [2.24, 2.45) is 0 Å². The molecule has 128 valence electrons. The van der Waals surface area contributed by atoms with Gasteiger partial charge in [0.15, 0.2) is 5.78 Å². The Labute approximate surface area is 149 Å². The molecule has 0 aliphatic carbocycles. The Morgan fingerprint density at radius 3 is 2.76 bits per heavy atom. The van der Waals surface area contributed by atoms with Crippen molar-refractivity contribution in [1.29, 1.82) is 5.26 Å². The number of benzene rings is 1. The van der Waals surface area contributed by atoms with Gasteiger partial charge in [0.1, 0.15) is 5.69 Å². The van der Waals surface area contributed by atoms with Crippen LogP contribution < -0.4 is 4.90 Å². The van der Waals surface area contributed by atoms with Crippen LogP contribution in [0.25, 0.3) is 11.1 Å². The first-order valence-corrected chi connectivity index (χ1v) is 8.88. The lowest BCUT2D eigenvalue weighted by molar-refractivity contribution is 0.0983. The number of aromatic nitrogens is 1. The number of nitriles is 1. The van der Waals surface area contributed by atoms with Crippen LogP contribution in [0.15, 0.2) is 30.5 Å². The minimum absolute atomic E-state index is 0.0325. The van der Waals surface area contributed by atoms with E-state index in [1.807, 2.05) is 19.1 Å². The molecule has 0 amide bonds. The van der Waals surface area contributed by atoms with Crippen molar-refractivity contribution in [2.45, 2.75) is 46.1 Å². The van der Waals surface area contributed by atoms with Crippen molar-refractivity contribution < 1.29 is 4.79 Å². The van der Waals surface area contributed by atoms with Gasteiger partial charge in [-0.05, 0) is 50.5 Å². The van der Waals surface area contributed by atoms with Crippen LogP contribution in [0, 0.1) is 11.3 Å². The van der Waals surface area contributed by atoms with Crippen molar-refractivity contribution >= 4 is 11.5 Å². The summed E-state index contributed by atoms with van der Waals surface area (Å²) in [6.07, 6.45) is 4.30. The average molecular weight is 333 g/mol. The van der Waals surface area contributed by atoms with E-state index in [9.17, 15) is 10.1 Å². The van der Waals surface area contributed by atoms with Crippen LogP contribution in [0.2, 0.25) is 0 Å². The number of pyridine rings is 1. The van der Waals surface area contributed by atoms with Crippen LogP contribution in [-0.4, -0.2) is 23.4 Å². The molecule has 1 aromatic heterocycles. The number of rotatable bonds is 4. The Hall–Kier alpha value is -2.67. The van der Waals surface area contributed by atoms with Crippen LogP contribution in [0.5, 0.6) is 0 Å². The van der Waals surface area contributed by atoms with Crippen molar-refractivity contribution in [3.8, 4) is 17.2 Å². The highest BCUT2D eigenvalue weighted by atomic mass is 16.1. The van der Waals surface area contributed by atoms with E-state index in [1.165, 1.54) is 11.3 Å². The minimum atomic E-state index is 0.0325. The largest absolute Gasteiger partial charge is 0.369 e. The molecule has 0 spiro atoms. The second kappa shape index (κ2) is 7.06. The molecule has 1 aromatic carbocycles. The maximum atomic E-state index is 11.8. The maximum absolute atomic E-state index is 11.8. The smallest absolute Gasteiger partial charge is 0.180 e. The fourth-order valence-electron chi connectivity index (χ4n) is 3.43. The number of hydrogen-bond acceptors (Lipinski definition) is 4. The zero-order valence-electron chi connectivity index (χ0n) is 15.0. The van der Waals surface area contributed by atoms with Crippen molar-refractivity contribution in [2.75, 3.05) is 11.4 Å². The summed E-state index contributed by atoms with van der Waals surface area (Å²) in [4.78, 5) is 18.4. The molecule has 0 fully saturated rings. The lowest BCUT2D eigenvalue weighted by Crippen LogP contribution is -2.35. The monoisotopic (exact) mass is 333 g/mol. The van der Waals surface area contributed by atoms with Crippen LogP contribution in [-0.2, 0) is 6.42 Å². The molecule has 2 heterocycles. The highest BCUT2D eigenvalue weighted by molar-refractivity contribution is 5.94. The fourth-order valence-corrected chi connectivity index (χ4v) is 3.43. The predicted octanol–water partition coefficient (Wildman–Crippen LogP) is 4.37. The average Bonchev–Trinajstić information content (AvgIpc) is 2.65. The van der Waals surface area contributed by atoms with Crippen LogP contribution >= 0.6 is 0 Å². The van der Waals surface area contributed by atoms with Gasteiger partial charge in [0.25, 0.3) is 0 Å². The quantitative estimate of drug-likeness (QED) is 0.779. The second-order valence-electron chi connectivity index (χ2n) is 6.74. The van der Waals surface area contributed by atoms with Gasteiger partial charge in [-0.15, -0.1) is 0 Å². The Bertz CT molecular complexity index is 831. The van der Waals surface area contributed by atoms with Crippen molar-refractivity contribution in [3.63, 3.8) is 0 Å². The number of aryl methyl sites for hydroxylation is 1. The molecule has 0 saturated carbocycles. The first-order chi connectivity index (χ1) is 12.0. The first kappa shape index (κ1) is 17.2. The zero-order valence-corrected chi connectivity index (χ0v) is 15.0. The lowest BCUT2D eigenvalue weighted by Gasteiger charge is -2.35. The maximum Gasteiger partial charge on any atom is 0.180 e. The summed E-state index contributed by atoms with van der Waals surface area (Å²) in [7, 11) is 0. The molecule has 1 aliphatic rings. The van der Waals surface area contributed by atoms with Gasteiger partial charge in [0.2, 0.25) is 0 Å². The normalized spacial score (nSPS) is 13.5. The van der Waals surface area contributed by atoms with Gasteiger partial charge in [0.05, 0.1) is 11.6 Å². The Balaban J connectivity index is 2.05. The van der Waals surface area contributed by atoms with Gasteiger partial charge in [-0.1, -0.05) is 13.0 Å². The van der Waals surface area contributed by atoms with Crippen LogP contribution in [0.4, 0.5) is 5.69 Å². The molecule has 3 rings (SSSR count). The summed E-state index contributed by atoms with van der Waals surface area (Å²) in [6.45, 7) is 7.23. The van der Waals surface area contributed by atoms with E-state index in [-0.39, 0.29) is 5.78 Å². The summed E-state index contributed by atoms with van der Waals surface area (Å²) in [5.74, 6) is 0.0325. The SMILES string of the molecule is CCC(=O)c1ccc(-c2cc3c(cc2C#N)N(C(C)C)CCC3)cn1. The molecule has 0 bridgehead atoms. The first-order valence-electron chi connectivity index (χ1n) is 8.88. The van der Waals surface area contributed by atoms with Crippen molar-refractivity contribution in [1.82, 2.24) is 4.98 Å². The summed E-state index contributed by atoms with van der Waals surface area (Å²) in [5.41, 5.74) is 5.37. The summed E-state index contributed by atoms with van der Waals surface area (Å²) in [6, 6.07) is 10.5. The minimum Gasteiger partial charge on any atom is -0.369 e. The number of hydrogen-bond donors (Lipinski definition) is 0. The molecule has 0 saturated heterocycles. The molecule has 2 aromatic rings. The molecule has 25 heavy (non-hydrogen) atoms. The topological polar surface area (TPSA) is 57.0 Å². The third kappa shape index (κ3) is 3.28. The van der Waals surface area contributed by atoms with Gasteiger partial charge < -0.3 is 4.90 Å². The van der Waals surface area contributed by atoms with Gasteiger partial charge in [-0.3, -0.25) is 9.78 Å². The summed E-state index contributed by atoms with van der Waals surface area (Å²) < 4.78 is 0. The molecule has 0 radical (unpaired) electrons. The number of carbonyl (C=O) groups excluding carboxylic acids is 1. The molecular formula is C21H23N3O. The predicted molar refractivity (Wildman–Crippen MR) is 99.8 cm³/mol. The molecule has 4 nitrogen and oxygen atoms in total. The molecule has 4 heteroatoms. The number of anilines is 1. The number of fused-ring (bicyclic) bond motifs is 1. The highest BCUT2D eigenvalue weighted by Crippen LogP contribution is 2.35. The van der Waals surface area contributed by atoms with Crippen LogP contribution in [0.3, 0.4) is 0 Å². The Morgan fingerprint density at radius 2 is 2.16 bits per heavy atom. The lowest BCUT2D eigenvalue weighted by atomic mass is 9.92. The van der Waals surface area contributed by atoms with Crippen molar-refractivity contribution in [3.05, 3.63) is 47.3 Å². The Morgan fingerprint density at radius 1 is 1.36 bits per heavy atom. The standard InChI is InChI=1S/C21H23N3O/c1-4-21(25)19-8-7-16(13-23-19)18-10-15-6-5-9-24(14(2)3)20(15)11-17(18)12-22/h7-8,10-11,13-14H,4-6,9H2,1-3H3. The van der Waals surface area contributed by atoms with Gasteiger partial charge in [-0.2, -0.15) is 5.26 Å². The van der Waals surface area contributed by atoms with E-state index in [0.717, 1.165) is 30.5 Å². The van der Waals surface area contributed by atoms with E-state index < -0.39 is 0 Å². The van der Waals surface area contributed by atoms with Gasteiger partial charge in [0, 0.05) is 42.0 Å². The number of Topliss-reactive ketones (excluding diaryl/α,β-unsaturated/α-hetero) is 1.